The number of H-pyrrole nitrogens is 1. The molecule has 3 heterocycles. The SMILES string of the molecule is CCc1cc2c(cc1Cn1c(C(=O)O)c(Cc3cccc(-c4nn[nH]n4)c3)c(=O)c3cc(OCCN)ccc31)OCO2. The molecule has 4 N–H and O–H groups in total. The van der Waals surface area contributed by atoms with Crippen molar-refractivity contribution in [3.05, 3.63) is 92.8 Å². The minimum absolute atomic E-state index is 0.0672. The Morgan fingerprint density at radius 2 is 1.93 bits per heavy atom. The Kier molecular flexibility index (Phi) is 7.28. The number of ether oxygens (including phenoxy) is 3. The average molecular weight is 569 g/mol. The first-order valence-electron chi connectivity index (χ1n) is 13.5. The minimum Gasteiger partial charge on any atom is -0.492 e. The van der Waals surface area contributed by atoms with Crippen LogP contribution in [0.3, 0.4) is 0 Å². The van der Waals surface area contributed by atoms with Gasteiger partial charge in [0.1, 0.15) is 18.1 Å². The van der Waals surface area contributed by atoms with Gasteiger partial charge in [0.05, 0.1) is 5.52 Å². The molecule has 3 aromatic carbocycles. The Morgan fingerprint density at radius 3 is 2.64 bits per heavy atom. The number of aromatic nitrogens is 5. The number of hydrogen-bond acceptors (Lipinski definition) is 9. The maximum Gasteiger partial charge on any atom is 0.352 e. The number of aromatic carboxylic acids is 1. The Balaban J connectivity index is 1.55. The van der Waals surface area contributed by atoms with Crippen LogP contribution in [0.1, 0.15) is 39.7 Å². The zero-order valence-corrected chi connectivity index (χ0v) is 22.8. The van der Waals surface area contributed by atoms with E-state index in [1.807, 2.05) is 37.3 Å². The van der Waals surface area contributed by atoms with Gasteiger partial charge >= 0.3 is 5.97 Å². The number of aryl methyl sites for hydroxylation is 1. The van der Waals surface area contributed by atoms with Crippen molar-refractivity contribution in [3.63, 3.8) is 0 Å². The molecule has 42 heavy (non-hydrogen) atoms. The van der Waals surface area contributed by atoms with E-state index in [9.17, 15) is 14.7 Å². The van der Waals surface area contributed by atoms with E-state index in [0.29, 0.717) is 52.5 Å². The van der Waals surface area contributed by atoms with Crippen LogP contribution in [0.5, 0.6) is 17.2 Å². The molecule has 12 nitrogen and oxygen atoms in total. The number of pyridine rings is 1. The Hall–Kier alpha value is -5.23. The number of carboxylic acid groups (broad SMARTS) is 1. The molecule has 214 valence electrons. The number of fused-ring (bicyclic) bond motifs is 2. The summed E-state index contributed by atoms with van der Waals surface area (Å²) in [6.45, 7) is 2.93. The number of tetrazole rings is 1. The van der Waals surface area contributed by atoms with Crippen LogP contribution in [0, 0.1) is 0 Å². The van der Waals surface area contributed by atoms with Gasteiger partial charge in [0.15, 0.2) is 16.9 Å². The predicted octanol–water partition coefficient (Wildman–Crippen LogP) is 3.15. The lowest BCUT2D eigenvalue weighted by Gasteiger charge is -2.20. The van der Waals surface area contributed by atoms with Crippen LogP contribution in [0.2, 0.25) is 0 Å². The second-order valence-corrected chi connectivity index (χ2v) is 9.80. The first-order valence-corrected chi connectivity index (χ1v) is 13.5. The van der Waals surface area contributed by atoms with Gasteiger partial charge in [-0.25, -0.2) is 4.79 Å². The molecule has 1 aliphatic heterocycles. The van der Waals surface area contributed by atoms with Gasteiger partial charge in [0, 0.05) is 36.0 Å². The molecule has 6 rings (SSSR count). The molecule has 5 aromatic rings. The lowest BCUT2D eigenvalue weighted by Crippen LogP contribution is -2.25. The molecule has 0 saturated carbocycles. The van der Waals surface area contributed by atoms with E-state index < -0.39 is 5.97 Å². The van der Waals surface area contributed by atoms with Crippen molar-refractivity contribution in [1.82, 2.24) is 25.2 Å². The molecule has 0 fully saturated rings. The van der Waals surface area contributed by atoms with E-state index in [-0.39, 0.29) is 43.1 Å². The highest BCUT2D eigenvalue weighted by atomic mass is 16.7. The maximum atomic E-state index is 14.0. The standard InChI is InChI=1S/C30H28N6O6/c1-2-18-12-25-26(42-16-41-25)13-20(18)15-36-24-7-6-21(40-9-8-31)14-22(24)28(37)23(27(36)30(38)39)11-17-4-3-5-19(10-17)29-32-34-35-33-29/h3-7,10,12-14H,2,8-9,11,15-16,31H2,1H3,(H,38,39)(H,32,33,34,35). The number of nitrogens with two attached hydrogens (primary N) is 1. The highest BCUT2D eigenvalue weighted by Gasteiger charge is 2.25. The lowest BCUT2D eigenvalue weighted by atomic mass is 9.97. The molecule has 0 aliphatic carbocycles. The van der Waals surface area contributed by atoms with Crippen LogP contribution in [0.4, 0.5) is 0 Å². The van der Waals surface area contributed by atoms with Crippen LogP contribution in [-0.4, -0.2) is 56.2 Å². The summed E-state index contributed by atoms with van der Waals surface area (Å²) < 4.78 is 18.6. The summed E-state index contributed by atoms with van der Waals surface area (Å²) in [5.74, 6) is 0.911. The number of benzene rings is 3. The second-order valence-electron chi connectivity index (χ2n) is 9.80. The number of hydrogen-bond donors (Lipinski definition) is 3. The molecule has 0 bridgehead atoms. The average Bonchev–Trinajstić information content (AvgIpc) is 3.70. The van der Waals surface area contributed by atoms with Gasteiger partial charge in [-0.2, -0.15) is 5.21 Å². The fourth-order valence-electron chi connectivity index (χ4n) is 5.31. The van der Waals surface area contributed by atoms with E-state index >= 15 is 0 Å². The number of aromatic amines is 1. The summed E-state index contributed by atoms with van der Waals surface area (Å²) in [6, 6.07) is 16.2. The summed E-state index contributed by atoms with van der Waals surface area (Å²) in [5, 5.41) is 25.0. The van der Waals surface area contributed by atoms with Gasteiger partial charge in [0.25, 0.3) is 0 Å². The number of nitrogens with one attached hydrogen (secondary N) is 1. The fourth-order valence-corrected chi connectivity index (χ4v) is 5.31. The molecule has 1 aliphatic rings. The first kappa shape index (κ1) is 27.0. The van der Waals surface area contributed by atoms with Crippen LogP contribution in [0.15, 0.2) is 59.4 Å². The summed E-state index contributed by atoms with van der Waals surface area (Å²) in [4.78, 5) is 27.0. The summed E-state index contributed by atoms with van der Waals surface area (Å²) in [5.41, 5.74) is 9.01. The Morgan fingerprint density at radius 1 is 1.12 bits per heavy atom. The van der Waals surface area contributed by atoms with Gasteiger partial charge in [-0.3, -0.25) is 4.79 Å². The van der Waals surface area contributed by atoms with Crippen LogP contribution < -0.4 is 25.4 Å². The molecule has 0 radical (unpaired) electrons. The first-order chi connectivity index (χ1) is 20.5. The smallest absolute Gasteiger partial charge is 0.352 e. The van der Waals surface area contributed by atoms with Crippen molar-refractivity contribution in [3.8, 4) is 28.6 Å². The van der Waals surface area contributed by atoms with Crippen molar-refractivity contribution in [1.29, 1.82) is 0 Å². The Labute approximate surface area is 239 Å². The van der Waals surface area contributed by atoms with E-state index in [0.717, 1.165) is 16.7 Å². The zero-order valence-electron chi connectivity index (χ0n) is 22.8. The molecule has 12 heteroatoms. The summed E-state index contributed by atoms with van der Waals surface area (Å²) in [7, 11) is 0. The molecular formula is C30H28N6O6. The topological polar surface area (TPSA) is 167 Å². The molecule has 0 amide bonds. The minimum atomic E-state index is -1.21. The van der Waals surface area contributed by atoms with Crippen molar-refractivity contribution in [2.45, 2.75) is 26.3 Å². The lowest BCUT2D eigenvalue weighted by molar-refractivity contribution is 0.0684. The van der Waals surface area contributed by atoms with Gasteiger partial charge in [0.2, 0.25) is 12.6 Å². The van der Waals surface area contributed by atoms with Gasteiger partial charge in [-0.05, 0) is 64.7 Å². The molecule has 0 unspecified atom stereocenters. The van der Waals surface area contributed by atoms with E-state index in [1.165, 1.54) is 0 Å². The predicted molar refractivity (Wildman–Crippen MR) is 153 cm³/mol. The van der Waals surface area contributed by atoms with Crippen molar-refractivity contribution in [2.24, 2.45) is 5.73 Å². The van der Waals surface area contributed by atoms with Gasteiger partial charge in [-0.1, -0.05) is 25.1 Å². The van der Waals surface area contributed by atoms with E-state index in [2.05, 4.69) is 20.6 Å². The quantitative estimate of drug-likeness (QED) is 0.228. The van der Waals surface area contributed by atoms with E-state index in [1.54, 1.807) is 28.8 Å². The third-order valence-corrected chi connectivity index (χ3v) is 7.24. The zero-order chi connectivity index (χ0) is 29.2. The maximum absolute atomic E-state index is 14.0. The van der Waals surface area contributed by atoms with Gasteiger partial charge in [-0.15, -0.1) is 10.2 Å². The fraction of sp³-hybridized carbons (Fsp3) is 0.233. The van der Waals surface area contributed by atoms with E-state index in [4.69, 9.17) is 19.9 Å². The molecule has 0 saturated heterocycles. The van der Waals surface area contributed by atoms with Crippen molar-refractivity contribution >= 4 is 16.9 Å². The molecule has 0 atom stereocenters. The number of rotatable bonds is 10. The molecular weight excluding hydrogens is 540 g/mol. The van der Waals surface area contributed by atoms with Gasteiger partial charge < -0.3 is 29.6 Å². The Bertz CT molecular complexity index is 1850. The van der Waals surface area contributed by atoms with Crippen molar-refractivity contribution < 1.29 is 24.1 Å². The third-order valence-electron chi connectivity index (χ3n) is 7.24. The highest BCUT2D eigenvalue weighted by molar-refractivity contribution is 5.93. The summed E-state index contributed by atoms with van der Waals surface area (Å²) >= 11 is 0. The van der Waals surface area contributed by atoms with Crippen LogP contribution >= 0.6 is 0 Å². The monoisotopic (exact) mass is 568 g/mol. The van der Waals surface area contributed by atoms with Crippen LogP contribution in [-0.2, 0) is 19.4 Å². The molecule has 0 spiro atoms. The number of carbonyl (C=O) groups is 1. The van der Waals surface area contributed by atoms with Crippen molar-refractivity contribution in [2.75, 3.05) is 19.9 Å². The normalized spacial score (nSPS) is 12.1. The largest absolute Gasteiger partial charge is 0.492 e. The number of carboxylic acids is 1. The van der Waals surface area contributed by atoms with Crippen LogP contribution in [0.25, 0.3) is 22.3 Å². The third kappa shape index (κ3) is 5.03. The summed E-state index contributed by atoms with van der Waals surface area (Å²) in [6.07, 6.45) is 0.761. The highest BCUT2D eigenvalue weighted by Crippen LogP contribution is 2.36. The number of nitrogens with zero attached hydrogens (tertiary/aromatic N) is 4. The second kappa shape index (κ2) is 11.3. The molecule has 2 aromatic heterocycles.